The Bertz CT molecular complexity index is 182. The maximum atomic E-state index is 5.81. The Morgan fingerprint density at radius 2 is 1.50 bits per heavy atom. The van der Waals surface area contributed by atoms with Crippen LogP contribution < -0.4 is 0 Å². The lowest BCUT2D eigenvalue weighted by molar-refractivity contribution is 0.222. The zero-order valence-electron chi connectivity index (χ0n) is 11.4. The molecule has 1 fully saturated rings. The van der Waals surface area contributed by atoms with Gasteiger partial charge in [-0.3, -0.25) is 0 Å². The molecular weight excluding hydrogens is 216 g/mol. The Morgan fingerprint density at radius 3 is 1.88 bits per heavy atom. The van der Waals surface area contributed by atoms with Gasteiger partial charge in [-0.2, -0.15) is 0 Å². The third-order valence-electron chi connectivity index (χ3n) is 4.12. The summed E-state index contributed by atoms with van der Waals surface area (Å²) in [6.45, 7) is 4.49. The topological polar surface area (TPSA) is 18.5 Å². The molecule has 1 rings (SSSR count). The molecule has 0 bridgehead atoms. The zero-order chi connectivity index (χ0) is 12.0. The second kappa shape index (κ2) is 6.77. The molecule has 0 heterocycles. The normalized spacial score (nSPS) is 20.1. The third kappa shape index (κ3) is 3.57. The standard InChI is InChI=1S/C13H28O2Si/c1-12(2)16(14-3,15-4)11-13-9-7-5-6-8-10-13/h12-13H,5-11H2,1-4H3. The highest BCUT2D eigenvalue weighted by atomic mass is 28.4. The summed E-state index contributed by atoms with van der Waals surface area (Å²) in [4.78, 5) is 0. The van der Waals surface area contributed by atoms with Gasteiger partial charge in [0.1, 0.15) is 0 Å². The van der Waals surface area contributed by atoms with E-state index in [-0.39, 0.29) is 0 Å². The van der Waals surface area contributed by atoms with Gasteiger partial charge in [0, 0.05) is 14.2 Å². The molecular formula is C13H28O2Si. The Morgan fingerprint density at radius 1 is 1.00 bits per heavy atom. The maximum absolute atomic E-state index is 5.81. The number of hydrogen-bond acceptors (Lipinski definition) is 2. The van der Waals surface area contributed by atoms with Gasteiger partial charge in [-0.25, -0.2) is 0 Å². The minimum Gasteiger partial charge on any atom is -0.397 e. The zero-order valence-corrected chi connectivity index (χ0v) is 12.4. The SMILES string of the molecule is CO[Si](CC1CCCCCC1)(OC)C(C)C. The molecule has 0 saturated heterocycles. The fourth-order valence-corrected chi connectivity index (χ4v) is 6.05. The molecule has 0 aromatic carbocycles. The molecule has 1 aliphatic rings. The quantitative estimate of drug-likeness (QED) is 0.535. The first-order chi connectivity index (χ1) is 7.64. The first-order valence-corrected chi connectivity index (χ1v) is 8.85. The predicted molar refractivity (Wildman–Crippen MR) is 70.9 cm³/mol. The van der Waals surface area contributed by atoms with Crippen LogP contribution in [0.4, 0.5) is 0 Å². The van der Waals surface area contributed by atoms with Crippen molar-refractivity contribution in [2.45, 2.75) is 64.0 Å². The molecule has 2 nitrogen and oxygen atoms in total. The monoisotopic (exact) mass is 244 g/mol. The van der Waals surface area contributed by atoms with Crippen molar-refractivity contribution in [3.8, 4) is 0 Å². The van der Waals surface area contributed by atoms with E-state index in [1.807, 2.05) is 14.2 Å². The fourth-order valence-electron chi connectivity index (χ4n) is 2.93. The summed E-state index contributed by atoms with van der Waals surface area (Å²) in [7, 11) is 1.75. The van der Waals surface area contributed by atoms with Crippen LogP contribution in [0, 0.1) is 5.92 Å². The molecule has 0 aromatic heterocycles. The van der Waals surface area contributed by atoms with E-state index in [0.717, 1.165) is 5.92 Å². The minimum atomic E-state index is -1.93. The van der Waals surface area contributed by atoms with Crippen LogP contribution in [0.2, 0.25) is 11.6 Å². The van der Waals surface area contributed by atoms with E-state index in [2.05, 4.69) is 13.8 Å². The van der Waals surface area contributed by atoms with Gasteiger partial charge >= 0.3 is 8.56 Å². The molecule has 0 atom stereocenters. The molecule has 0 unspecified atom stereocenters. The lowest BCUT2D eigenvalue weighted by Gasteiger charge is -2.34. The summed E-state index contributed by atoms with van der Waals surface area (Å²) < 4.78 is 11.6. The minimum absolute atomic E-state index is 0.547. The van der Waals surface area contributed by atoms with Crippen LogP contribution in [-0.4, -0.2) is 22.8 Å². The molecule has 1 saturated carbocycles. The van der Waals surface area contributed by atoms with Gasteiger partial charge in [0.05, 0.1) is 0 Å². The Labute approximate surface area is 102 Å². The summed E-state index contributed by atoms with van der Waals surface area (Å²) in [6.07, 6.45) is 8.42. The molecule has 0 aliphatic heterocycles. The van der Waals surface area contributed by atoms with Crippen LogP contribution in [-0.2, 0) is 8.85 Å². The lowest BCUT2D eigenvalue weighted by Crippen LogP contribution is -2.44. The van der Waals surface area contributed by atoms with Crippen LogP contribution in [0.1, 0.15) is 52.4 Å². The van der Waals surface area contributed by atoms with Gasteiger partial charge in [0.15, 0.2) is 0 Å². The molecule has 0 N–H and O–H groups in total. The van der Waals surface area contributed by atoms with E-state index in [9.17, 15) is 0 Å². The summed E-state index contributed by atoms with van der Waals surface area (Å²) in [5, 5.41) is 0. The van der Waals surface area contributed by atoms with E-state index in [0.29, 0.717) is 5.54 Å². The summed E-state index contributed by atoms with van der Waals surface area (Å²) in [6, 6.07) is 1.19. The van der Waals surface area contributed by atoms with Crippen molar-refractivity contribution < 1.29 is 8.85 Å². The molecule has 96 valence electrons. The van der Waals surface area contributed by atoms with E-state index < -0.39 is 8.56 Å². The van der Waals surface area contributed by atoms with Crippen LogP contribution in [0.5, 0.6) is 0 Å². The average Bonchev–Trinajstić information content (AvgIpc) is 2.54. The van der Waals surface area contributed by atoms with Crippen molar-refractivity contribution >= 4 is 8.56 Å². The highest BCUT2D eigenvalue weighted by Gasteiger charge is 2.41. The van der Waals surface area contributed by atoms with Crippen molar-refractivity contribution in [3.05, 3.63) is 0 Å². The van der Waals surface area contributed by atoms with Crippen molar-refractivity contribution in [1.29, 1.82) is 0 Å². The second-order valence-electron chi connectivity index (χ2n) is 5.44. The molecule has 0 amide bonds. The Kier molecular flexibility index (Phi) is 6.01. The largest absolute Gasteiger partial charge is 0.397 e. The third-order valence-corrected chi connectivity index (χ3v) is 8.41. The lowest BCUT2D eigenvalue weighted by atomic mass is 10.0. The van der Waals surface area contributed by atoms with Gasteiger partial charge in [-0.1, -0.05) is 52.4 Å². The number of hydrogen-bond donors (Lipinski definition) is 0. The van der Waals surface area contributed by atoms with Crippen molar-refractivity contribution in [3.63, 3.8) is 0 Å². The Hall–Kier alpha value is 0.137. The molecule has 3 heteroatoms. The smallest absolute Gasteiger partial charge is 0.340 e. The Balaban J connectivity index is 2.58. The molecule has 0 radical (unpaired) electrons. The molecule has 16 heavy (non-hydrogen) atoms. The summed E-state index contributed by atoms with van der Waals surface area (Å²) >= 11 is 0. The van der Waals surface area contributed by atoms with Crippen LogP contribution in [0.25, 0.3) is 0 Å². The van der Waals surface area contributed by atoms with Gasteiger partial charge in [0.2, 0.25) is 0 Å². The predicted octanol–water partition coefficient (Wildman–Crippen LogP) is 4.10. The van der Waals surface area contributed by atoms with Crippen molar-refractivity contribution in [1.82, 2.24) is 0 Å². The van der Waals surface area contributed by atoms with Crippen molar-refractivity contribution in [2.75, 3.05) is 14.2 Å². The number of rotatable bonds is 5. The highest BCUT2D eigenvalue weighted by molar-refractivity contribution is 6.68. The van der Waals surface area contributed by atoms with Crippen LogP contribution in [0.3, 0.4) is 0 Å². The van der Waals surface area contributed by atoms with Gasteiger partial charge in [-0.15, -0.1) is 0 Å². The maximum Gasteiger partial charge on any atom is 0.340 e. The van der Waals surface area contributed by atoms with E-state index >= 15 is 0 Å². The van der Waals surface area contributed by atoms with Crippen LogP contribution in [0.15, 0.2) is 0 Å². The molecule has 1 aliphatic carbocycles. The first kappa shape index (κ1) is 14.2. The van der Waals surface area contributed by atoms with Gasteiger partial charge < -0.3 is 8.85 Å². The second-order valence-corrected chi connectivity index (χ2v) is 9.44. The highest BCUT2D eigenvalue weighted by Crippen LogP contribution is 2.35. The first-order valence-electron chi connectivity index (χ1n) is 6.75. The van der Waals surface area contributed by atoms with Crippen molar-refractivity contribution in [2.24, 2.45) is 5.92 Å². The molecule has 0 aromatic rings. The summed E-state index contributed by atoms with van der Waals surface area (Å²) in [5.74, 6) is 0.844. The molecule has 0 spiro atoms. The van der Waals surface area contributed by atoms with E-state index in [4.69, 9.17) is 8.85 Å². The van der Waals surface area contributed by atoms with Crippen LogP contribution >= 0.6 is 0 Å². The van der Waals surface area contributed by atoms with E-state index in [1.165, 1.54) is 44.6 Å². The fraction of sp³-hybridized carbons (Fsp3) is 1.00. The average molecular weight is 244 g/mol. The van der Waals surface area contributed by atoms with E-state index in [1.54, 1.807) is 0 Å². The van der Waals surface area contributed by atoms with Gasteiger partial charge in [0.25, 0.3) is 0 Å². The van der Waals surface area contributed by atoms with Gasteiger partial charge in [-0.05, 0) is 17.5 Å². The summed E-state index contributed by atoms with van der Waals surface area (Å²) in [5.41, 5.74) is 0.547.